The fourth-order valence-electron chi connectivity index (χ4n) is 3.49. The minimum Gasteiger partial charge on any atom is -0.458 e. The monoisotopic (exact) mass is 384 g/mol. The summed E-state index contributed by atoms with van der Waals surface area (Å²) in [6.45, 7) is 9.02. The van der Waals surface area contributed by atoms with Crippen LogP contribution in [0.1, 0.15) is 60.3 Å². The molecule has 0 bridgehead atoms. The Bertz CT molecular complexity index is 615. The summed E-state index contributed by atoms with van der Waals surface area (Å²) in [6, 6.07) is -0.770. The lowest BCUT2D eigenvalue weighted by Crippen LogP contribution is -2.55. The average Bonchev–Trinajstić information content (AvgIpc) is 2.75. The van der Waals surface area contributed by atoms with Gasteiger partial charge in [-0.2, -0.15) is 0 Å². The molecule has 2 aliphatic rings. The lowest BCUT2D eigenvalue weighted by molar-refractivity contribution is -0.179. The topological polar surface area (TPSA) is 84.0 Å². The second-order valence-corrected chi connectivity index (χ2v) is 9.07. The number of hydrogen-bond donors (Lipinski definition) is 0. The third-order valence-electron chi connectivity index (χ3n) is 4.78. The predicted molar refractivity (Wildman–Crippen MR) is 97.9 cm³/mol. The summed E-state index contributed by atoms with van der Waals surface area (Å²) < 4.78 is 5.46. The summed E-state index contributed by atoms with van der Waals surface area (Å²) in [4.78, 5) is 50.1. The van der Waals surface area contributed by atoms with Crippen LogP contribution in [0.5, 0.6) is 0 Å². The molecule has 8 heteroatoms. The van der Waals surface area contributed by atoms with Gasteiger partial charge in [0.05, 0.1) is 0 Å². The molecule has 26 heavy (non-hydrogen) atoms. The van der Waals surface area contributed by atoms with Crippen LogP contribution in [0.4, 0.5) is 0 Å². The Morgan fingerprint density at radius 1 is 1.27 bits per heavy atom. The van der Waals surface area contributed by atoms with E-state index in [2.05, 4.69) is 0 Å². The summed E-state index contributed by atoms with van der Waals surface area (Å²) in [6.07, 6.45) is 1.75. The molecule has 0 N–H and O–H groups in total. The van der Waals surface area contributed by atoms with Gasteiger partial charge in [0.25, 0.3) is 11.8 Å². The van der Waals surface area contributed by atoms with Crippen molar-refractivity contribution in [1.82, 2.24) is 10.0 Å². The van der Waals surface area contributed by atoms with E-state index < -0.39 is 23.0 Å². The van der Waals surface area contributed by atoms with E-state index in [9.17, 15) is 19.2 Å². The molecule has 0 aromatic rings. The molecule has 2 rings (SSSR count). The molecule has 2 saturated heterocycles. The standard InChI is InChI=1S/C18H28N2O5S/c1-6-18(9-11-26-12(2)21)15(23)19-10-7-8-13(20(19)16(18)24)14(22)25-17(3,4)5/h13H,6-11H2,1-5H3. The van der Waals surface area contributed by atoms with E-state index in [-0.39, 0.29) is 16.9 Å². The van der Waals surface area contributed by atoms with Crippen molar-refractivity contribution < 1.29 is 23.9 Å². The van der Waals surface area contributed by atoms with Crippen molar-refractivity contribution in [2.24, 2.45) is 5.41 Å². The van der Waals surface area contributed by atoms with E-state index in [1.54, 1.807) is 27.7 Å². The Kier molecular flexibility index (Phi) is 6.05. The van der Waals surface area contributed by atoms with Crippen molar-refractivity contribution in [3.05, 3.63) is 0 Å². The average molecular weight is 384 g/mol. The maximum Gasteiger partial charge on any atom is 0.331 e. The first-order valence-corrected chi connectivity index (χ1v) is 10.0. The summed E-state index contributed by atoms with van der Waals surface area (Å²) in [5, 5.41) is 2.70. The van der Waals surface area contributed by atoms with E-state index in [1.807, 2.05) is 0 Å². The summed E-state index contributed by atoms with van der Waals surface area (Å²) >= 11 is 1.11. The number of carbonyl (C=O) groups is 4. The number of carbonyl (C=O) groups excluding carboxylic acids is 4. The fourth-order valence-corrected chi connectivity index (χ4v) is 4.23. The van der Waals surface area contributed by atoms with Crippen LogP contribution in [-0.4, -0.2) is 56.9 Å². The Balaban J connectivity index is 2.27. The second kappa shape index (κ2) is 7.58. The normalized spacial score (nSPS) is 26.1. The Labute approximate surface area is 158 Å². The molecule has 2 amide bonds. The van der Waals surface area contributed by atoms with Gasteiger partial charge in [-0.05, 0) is 46.5 Å². The smallest absolute Gasteiger partial charge is 0.331 e. The molecule has 0 radical (unpaired) electrons. The molecule has 146 valence electrons. The van der Waals surface area contributed by atoms with Gasteiger partial charge in [0.15, 0.2) is 11.2 Å². The maximum atomic E-state index is 13.2. The Morgan fingerprint density at radius 3 is 2.46 bits per heavy atom. The van der Waals surface area contributed by atoms with Gasteiger partial charge in [0.1, 0.15) is 11.0 Å². The number of hydrogen-bond acceptors (Lipinski definition) is 6. The molecule has 2 unspecified atom stereocenters. The lowest BCUT2D eigenvalue weighted by Gasteiger charge is -2.38. The van der Waals surface area contributed by atoms with Crippen molar-refractivity contribution >= 4 is 34.7 Å². The highest BCUT2D eigenvalue weighted by Gasteiger charge is 2.60. The van der Waals surface area contributed by atoms with Crippen LogP contribution in [-0.2, 0) is 23.9 Å². The van der Waals surface area contributed by atoms with Crippen LogP contribution in [0, 0.1) is 5.41 Å². The van der Waals surface area contributed by atoms with Gasteiger partial charge >= 0.3 is 5.97 Å². The third-order valence-corrected chi connectivity index (χ3v) is 5.60. The molecular weight excluding hydrogens is 356 g/mol. The molecule has 2 aliphatic heterocycles. The summed E-state index contributed by atoms with van der Waals surface area (Å²) in [7, 11) is 0. The van der Waals surface area contributed by atoms with Crippen molar-refractivity contribution in [2.45, 2.75) is 71.9 Å². The maximum absolute atomic E-state index is 13.2. The first-order chi connectivity index (χ1) is 12.0. The van der Waals surface area contributed by atoms with Crippen LogP contribution >= 0.6 is 11.8 Å². The highest BCUT2D eigenvalue weighted by Crippen LogP contribution is 2.42. The van der Waals surface area contributed by atoms with Crippen LogP contribution in [0.15, 0.2) is 0 Å². The minimum absolute atomic E-state index is 0.0428. The molecule has 7 nitrogen and oxygen atoms in total. The predicted octanol–water partition coefficient (Wildman–Crippen LogP) is 2.14. The Morgan fingerprint density at radius 2 is 1.92 bits per heavy atom. The van der Waals surface area contributed by atoms with Crippen molar-refractivity contribution in [2.75, 3.05) is 12.3 Å². The first-order valence-electron chi connectivity index (χ1n) is 9.05. The largest absolute Gasteiger partial charge is 0.458 e. The zero-order valence-corrected chi connectivity index (χ0v) is 17.0. The summed E-state index contributed by atoms with van der Waals surface area (Å²) in [5.41, 5.74) is -1.85. The molecule has 0 aromatic heterocycles. The van der Waals surface area contributed by atoms with Gasteiger partial charge in [-0.1, -0.05) is 18.7 Å². The van der Waals surface area contributed by atoms with E-state index >= 15 is 0 Å². The molecule has 0 saturated carbocycles. The number of nitrogens with zero attached hydrogens (tertiary/aromatic N) is 2. The number of esters is 1. The van der Waals surface area contributed by atoms with Gasteiger partial charge in [0.2, 0.25) is 0 Å². The van der Waals surface area contributed by atoms with Crippen molar-refractivity contribution in [3.63, 3.8) is 0 Å². The van der Waals surface area contributed by atoms with Gasteiger partial charge in [-0.25, -0.2) is 14.8 Å². The van der Waals surface area contributed by atoms with E-state index in [4.69, 9.17) is 4.74 Å². The quantitative estimate of drug-likeness (QED) is 0.533. The highest BCUT2D eigenvalue weighted by molar-refractivity contribution is 8.13. The molecule has 0 aliphatic carbocycles. The number of rotatable bonds is 5. The number of ether oxygens (including phenoxy) is 1. The van der Waals surface area contributed by atoms with Crippen molar-refractivity contribution in [1.29, 1.82) is 0 Å². The molecule has 2 fully saturated rings. The van der Waals surface area contributed by atoms with Crippen LogP contribution < -0.4 is 0 Å². The van der Waals surface area contributed by atoms with Crippen LogP contribution in [0.2, 0.25) is 0 Å². The van der Waals surface area contributed by atoms with E-state index in [1.165, 1.54) is 16.9 Å². The van der Waals surface area contributed by atoms with Crippen LogP contribution in [0.25, 0.3) is 0 Å². The SMILES string of the molecule is CCC1(CCSC(C)=O)C(=O)N2CCCC(C(=O)OC(C)(C)C)N2C1=O. The number of thioether (sulfide) groups is 1. The molecule has 0 spiro atoms. The fraction of sp³-hybridized carbons (Fsp3) is 0.778. The lowest BCUT2D eigenvalue weighted by atomic mass is 9.81. The number of fused-ring (bicyclic) bond motifs is 1. The van der Waals surface area contributed by atoms with E-state index in [0.29, 0.717) is 38.0 Å². The third kappa shape index (κ3) is 3.89. The first kappa shape index (κ1) is 20.7. The van der Waals surface area contributed by atoms with Crippen LogP contribution in [0.3, 0.4) is 0 Å². The second-order valence-electron chi connectivity index (χ2n) is 7.80. The molecular formula is C18H28N2O5S. The van der Waals surface area contributed by atoms with E-state index in [0.717, 1.165) is 11.8 Å². The van der Waals surface area contributed by atoms with Gasteiger partial charge < -0.3 is 4.74 Å². The number of hydrazine groups is 1. The Hall–Kier alpha value is -1.57. The van der Waals surface area contributed by atoms with Gasteiger partial charge in [0, 0.05) is 19.2 Å². The van der Waals surface area contributed by atoms with Crippen molar-refractivity contribution in [3.8, 4) is 0 Å². The highest BCUT2D eigenvalue weighted by atomic mass is 32.2. The minimum atomic E-state index is -1.19. The van der Waals surface area contributed by atoms with Gasteiger partial charge in [-0.15, -0.1) is 0 Å². The molecule has 2 atom stereocenters. The molecule has 2 heterocycles. The van der Waals surface area contributed by atoms with Gasteiger partial charge in [-0.3, -0.25) is 14.4 Å². The zero-order valence-electron chi connectivity index (χ0n) is 16.2. The molecule has 0 aromatic carbocycles. The zero-order chi connectivity index (χ0) is 19.7. The summed E-state index contributed by atoms with van der Waals surface area (Å²) in [5.74, 6) is -0.681. The number of amides is 2.